The van der Waals surface area contributed by atoms with Crippen molar-refractivity contribution in [2.75, 3.05) is 12.4 Å². The van der Waals surface area contributed by atoms with Crippen LogP contribution in [0.15, 0.2) is 0 Å². The maximum absolute atomic E-state index is 12.0. The quantitative estimate of drug-likeness (QED) is 0.144. The van der Waals surface area contributed by atoms with E-state index in [0.29, 0.717) is 0 Å². The molecule has 0 aromatic carbocycles. The van der Waals surface area contributed by atoms with Gasteiger partial charge in [0.1, 0.15) is 11.8 Å². The highest BCUT2D eigenvalue weighted by Crippen LogP contribution is 2.11. The third kappa shape index (κ3) is 10.3. The van der Waals surface area contributed by atoms with Gasteiger partial charge in [-0.1, -0.05) is 0 Å². The van der Waals surface area contributed by atoms with E-state index in [-0.39, 0.29) is 25.0 Å². The third-order valence-corrected chi connectivity index (χ3v) is 3.99. The van der Waals surface area contributed by atoms with Gasteiger partial charge in [0.2, 0.25) is 5.91 Å². The molecule has 0 heterocycles. The van der Waals surface area contributed by atoms with Crippen molar-refractivity contribution in [1.29, 1.82) is 0 Å². The molecule has 0 spiro atoms. The lowest BCUT2D eigenvalue weighted by molar-refractivity contribution is -0.143. The number of amides is 1. The number of thiol groups is 1. The Labute approximate surface area is 154 Å². The van der Waals surface area contributed by atoms with Crippen LogP contribution in [0.5, 0.6) is 0 Å². The van der Waals surface area contributed by atoms with Crippen molar-refractivity contribution in [3.05, 3.63) is 0 Å². The zero-order chi connectivity index (χ0) is 20.5. The van der Waals surface area contributed by atoms with Crippen molar-refractivity contribution in [2.45, 2.75) is 31.3 Å². The van der Waals surface area contributed by atoms with Crippen molar-refractivity contribution >= 4 is 46.7 Å². The van der Waals surface area contributed by atoms with Gasteiger partial charge in [-0.2, -0.15) is 21.0 Å². The zero-order valence-electron chi connectivity index (χ0n) is 13.4. The smallest absolute Gasteiger partial charge is 0.397 e. The summed E-state index contributed by atoms with van der Waals surface area (Å²) in [6.07, 6.45) is -0.665. The van der Waals surface area contributed by atoms with Gasteiger partial charge >= 0.3 is 22.3 Å². The lowest BCUT2D eigenvalue weighted by Crippen LogP contribution is -2.47. The highest BCUT2D eigenvalue weighted by Gasteiger charge is 2.28. The van der Waals surface area contributed by atoms with Crippen LogP contribution in [0.2, 0.25) is 0 Å². The molecule has 0 aliphatic heterocycles. The van der Waals surface area contributed by atoms with E-state index in [1.807, 2.05) is 5.32 Å². The molecule has 3 atom stereocenters. The van der Waals surface area contributed by atoms with E-state index in [0.717, 1.165) is 0 Å². The van der Waals surface area contributed by atoms with Gasteiger partial charge in [0, 0.05) is 18.6 Å². The molecule has 0 aliphatic rings. The van der Waals surface area contributed by atoms with Gasteiger partial charge in [0.25, 0.3) is 0 Å². The van der Waals surface area contributed by atoms with Crippen LogP contribution >= 0.6 is 12.6 Å². The molecule has 0 saturated heterocycles. The minimum atomic E-state index is -4.90. The molecule has 0 rings (SSSR count). The summed E-state index contributed by atoms with van der Waals surface area (Å²) < 4.78 is 33.3. The summed E-state index contributed by atoms with van der Waals surface area (Å²) in [6, 6.07) is -3.02. The number of hydrogen-bond donors (Lipinski definition) is 6. The van der Waals surface area contributed by atoms with Crippen molar-refractivity contribution in [2.24, 2.45) is 11.7 Å². The SMILES string of the molecule is N[C@@H](CCC(=O)C[C@@H](CS)C(=O)N[C@@H](COS(=O)(=O)O)C(=O)O)C(=O)O. The summed E-state index contributed by atoms with van der Waals surface area (Å²) in [5, 5.41) is 19.5. The number of rotatable bonds is 13. The van der Waals surface area contributed by atoms with Crippen LogP contribution in [0.25, 0.3) is 0 Å². The van der Waals surface area contributed by atoms with E-state index < -0.39 is 58.6 Å². The molecule has 14 heteroatoms. The Morgan fingerprint density at radius 2 is 1.73 bits per heavy atom. The molecular weight excluding hydrogens is 396 g/mol. The molecular formula is C12H20N2O10S2. The minimum absolute atomic E-state index is 0.130. The highest BCUT2D eigenvalue weighted by atomic mass is 32.3. The van der Waals surface area contributed by atoms with Crippen LogP contribution in [0.4, 0.5) is 0 Å². The Hall–Kier alpha value is -1.74. The Kier molecular flexibility index (Phi) is 10.3. The number of carboxylic acid groups (broad SMARTS) is 2. The van der Waals surface area contributed by atoms with Gasteiger partial charge in [0.05, 0.1) is 12.5 Å². The Balaban J connectivity index is 4.71. The van der Waals surface area contributed by atoms with Crippen LogP contribution in [-0.2, 0) is 33.8 Å². The summed E-state index contributed by atoms with van der Waals surface area (Å²) in [4.78, 5) is 45.4. The molecule has 0 fully saturated rings. The number of aliphatic carboxylic acids is 2. The van der Waals surface area contributed by atoms with Gasteiger partial charge in [-0.05, 0) is 6.42 Å². The first-order valence-electron chi connectivity index (χ1n) is 7.13. The number of ketones is 1. The van der Waals surface area contributed by atoms with E-state index >= 15 is 0 Å². The van der Waals surface area contributed by atoms with Gasteiger partial charge in [-0.3, -0.25) is 18.9 Å². The topological polar surface area (TPSA) is 210 Å². The Morgan fingerprint density at radius 1 is 1.15 bits per heavy atom. The number of carbonyl (C=O) groups excluding carboxylic acids is 2. The highest BCUT2D eigenvalue weighted by molar-refractivity contribution is 7.80. The number of Topliss-reactive ketones (excluding diaryl/α,β-unsaturated/α-hetero) is 1. The standard InChI is InChI=1S/C12H20N2O10S2/c13-8(11(17)18)2-1-7(15)3-6(5-25)10(16)14-9(12(19)20)4-24-26(21,22)23/h6,8-9,25H,1-5,13H2,(H,14,16)(H,17,18)(H,19,20)(H,21,22,23)/t6-,8-,9-/m0/s1. The summed E-state index contributed by atoms with van der Waals surface area (Å²) >= 11 is 3.90. The average Bonchev–Trinajstić information content (AvgIpc) is 2.52. The van der Waals surface area contributed by atoms with Crippen molar-refractivity contribution in [1.82, 2.24) is 5.32 Å². The summed E-state index contributed by atoms with van der Waals surface area (Å²) in [5.74, 6) is -5.45. The molecule has 0 radical (unpaired) electrons. The van der Waals surface area contributed by atoms with E-state index in [2.05, 4.69) is 16.8 Å². The van der Waals surface area contributed by atoms with Crippen LogP contribution in [-0.4, -0.2) is 71.3 Å². The summed E-state index contributed by atoms with van der Waals surface area (Å²) in [7, 11) is -4.90. The predicted molar refractivity (Wildman–Crippen MR) is 88.9 cm³/mol. The lowest BCUT2D eigenvalue weighted by Gasteiger charge is -2.18. The van der Waals surface area contributed by atoms with Crippen LogP contribution in [0, 0.1) is 5.92 Å². The van der Waals surface area contributed by atoms with Gasteiger partial charge in [0.15, 0.2) is 6.04 Å². The van der Waals surface area contributed by atoms with Crippen molar-refractivity contribution in [3.8, 4) is 0 Å². The molecule has 0 saturated carbocycles. The molecule has 150 valence electrons. The predicted octanol–water partition coefficient (Wildman–Crippen LogP) is -1.93. The maximum Gasteiger partial charge on any atom is 0.397 e. The first kappa shape index (κ1) is 24.3. The summed E-state index contributed by atoms with van der Waals surface area (Å²) in [5.41, 5.74) is 5.26. The van der Waals surface area contributed by atoms with Crippen LogP contribution in [0.3, 0.4) is 0 Å². The number of carbonyl (C=O) groups is 4. The van der Waals surface area contributed by atoms with Crippen LogP contribution < -0.4 is 11.1 Å². The van der Waals surface area contributed by atoms with E-state index in [4.69, 9.17) is 20.5 Å². The monoisotopic (exact) mass is 416 g/mol. The minimum Gasteiger partial charge on any atom is -0.480 e. The van der Waals surface area contributed by atoms with Crippen molar-refractivity contribution < 1.29 is 46.5 Å². The van der Waals surface area contributed by atoms with Gasteiger partial charge in [-0.25, -0.2) is 8.98 Å². The van der Waals surface area contributed by atoms with E-state index in [9.17, 15) is 27.6 Å². The van der Waals surface area contributed by atoms with Crippen LogP contribution in [0.1, 0.15) is 19.3 Å². The second-order valence-corrected chi connectivity index (χ2v) is 6.67. The first-order valence-corrected chi connectivity index (χ1v) is 9.13. The molecule has 26 heavy (non-hydrogen) atoms. The fourth-order valence-corrected chi connectivity index (χ4v) is 2.28. The third-order valence-electron chi connectivity index (χ3n) is 3.11. The molecule has 0 unspecified atom stereocenters. The Bertz CT molecular complexity index is 636. The van der Waals surface area contributed by atoms with Gasteiger partial charge < -0.3 is 21.3 Å². The number of nitrogens with one attached hydrogen (secondary N) is 1. The fourth-order valence-electron chi connectivity index (χ4n) is 1.68. The molecule has 1 amide bonds. The molecule has 0 aromatic rings. The molecule has 0 aromatic heterocycles. The lowest BCUT2D eigenvalue weighted by atomic mass is 9.99. The van der Waals surface area contributed by atoms with E-state index in [1.54, 1.807) is 0 Å². The normalized spacial score (nSPS) is 14.9. The largest absolute Gasteiger partial charge is 0.480 e. The molecule has 6 N–H and O–H groups in total. The van der Waals surface area contributed by atoms with Crippen molar-refractivity contribution in [3.63, 3.8) is 0 Å². The second kappa shape index (κ2) is 11.1. The fraction of sp³-hybridized carbons (Fsp3) is 0.667. The molecule has 0 bridgehead atoms. The number of carboxylic acids is 2. The maximum atomic E-state index is 12.0. The Morgan fingerprint density at radius 3 is 2.15 bits per heavy atom. The molecule has 12 nitrogen and oxygen atoms in total. The summed E-state index contributed by atoms with van der Waals surface area (Å²) in [6.45, 7) is -1.05. The van der Waals surface area contributed by atoms with Gasteiger partial charge in [-0.15, -0.1) is 0 Å². The number of nitrogens with two attached hydrogens (primary N) is 1. The first-order chi connectivity index (χ1) is 11.9. The molecule has 0 aliphatic carbocycles. The van der Waals surface area contributed by atoms with E-state index in [1.165, 1.54) is 0 Å². The average molecular weight is 416 g/mol. The zero-order valence-corrected chi connectivity index (χ0v) is 15.1. The second-order valence-electron chi connectivity index (χ2n) is 5.22. The number of hydrogen-bond acceptors (Lipinski definition) is 9.